The SMILES string of the molecule is COc1cc([C@@H]2c3sc(=O)[nH]c3S[C@H]3C(=O)N(c4ccc([N+](=O)[O-])cc4)C(=O)[C@@H]23)ccc1OCc1cccc(C)c1. The molecular weight excluding hydrogens is 566 g/mol. The molecule has 1 fully saturated rings. The maximum atomic E-state index is 13.9. The van der Waals surface area contributed by atoms with Gasteiger partial charge in [0.25, 0.3) is 5.69 Å². The van der Waals surface area contributed by atoms with Gasteiger partial charge >= 0.3 is 4.87 Å². The summed E-state index contributed by atoms with van der Waals surface area (Å²) in [4.78, 5) is 54.7. The molecular formula is C29H23N3O7S2. The number of carbonyl (C=O) groups excluding carboxylic acids is 2. The zero-order valence-electron chi connectivity index (χ0n) is 21.9. The van der Waals surface area contributed by atoms with Crippen LogP contribution in [0, 0.1) is 23.0 Å². The Morgan fingerprint density at radius 1 is 1.00 bits per heavy atom. The predicted octanol–water partition coefficient (Wildman–Crippen LogP) is 5.04. The largest absolute Gasteiger partial charge is 0.493 e. The molecule has 6 rings (SSSR count). The molecule has 0 radical (unpaired) electrons. The van der Waals surface area contributed by atoms with Crippen molar-refractivity contribution in [2.75, 3.05) is 12.0 Å². The number of aryl methyl sites for hydroxylation is 1. The van der Waals surface area contributed by atoms with E-state index in [2.05, 4.69) is 4.98 Å². The summed E-state index contributed by atoms with van der Waals surface area (Å²) in [5, 5.41) is 10.9. The number of methoxy groups -OCH3 is 1. The predicted molar refractivity (Wildman–Crippen MR) is 154 cm³/mol. The molecule has 10 nitrogen and oxygen atoms in total. The first-order chi connectivity index (χ1) is 19.7. The quantitative estimate of drug-likeness (QED) is 0.180. The lowest BCUT2D eigenvalue weighted by Gasteiger charge is -2.30. The van der Waals surface area contributed by atoms with Crippen LogP contribution in [-0.4, -0.2) is 34.1 Å². The zero-order chi connectivity index (χ0) is 28.8. The highest BCUT2D eigenvalue weighted by molar-refractivity contribution is 8.00. The van der Waals surface area contributed by atoms with Crippen LogP contribution in [0.25, 0.3) is 0 Å². The normalized spacial score (nSPS) is 19.6. The Balaban J connectivity index is 1.36. The van der Waals surface area contributed by atoms with Crippen molar-refractivity contribution in [3.63, 3.8) is 0 Å². The number of hydrogen-bond acceptors (Lipinski definition) is 9. The Morgan fingerprint density at radius 2 is 1.78 bits per heavy atom. The molecule has 2 amide bonds. The van der Waals surface area contributed by atoms with E-state index < -0.39 is 33.8 Å². The van der Waals surface area contributed by atoms with Crippen LogP contribution < -0.4 is 19.2 Å². The Bertz CT molecular complexity index is 1750. The van der Waals surface area contributed by atoms with Gasteiger partial charge in [0.2, 0.25) is 11.8 Å². The maximum Gasteiger partial charge on any atom is 0.305 e. The van der Waals surface area contributed by atoms with Gasteiger partial charge in [0.05, 0.1) is 28.7 Å². The van der Waals surface area contributed by atoms with E-state index in [-0.39, 0.29) is 16.2 Å². The molecule has 41 heavy (non-hydrogen) atoms. The van der Waals surface area contributed by atoms with E-state index in [4.69, 9.17) is 9.47 Å². The van der Waals surface area contributed by atoms with Crippen molar-refractivity contribution in [3.8, 4) is 11.5 Å². The second-order valence-electron chi connectivity index (χ2n) is 9.72. The van der Waals surface area contributed by atoms with Crippen LogP contribution in [0.15, 0.2) is 76.6 Å². The average molecular weight is 590 g/mol. The van der Waals surface area contributed by atoms with Crippen LogP contribution in [0.1, 0.15) is 27.5 Å². The van der Waals surface area contributed by atoms with Gasteiger partial charge in [-0.2, -0.15) is 0 Å². The number of nitrogens with zero attached hydrogens (tertiary/aromatic N) is 2. The summed E-state index contributed by atoms with van der Waals surface area (Å²) in [6.07, 6.45) is 0. The molecule has 1 N–H and O–H groups in total. The van der Waals surface area contributed by atoms with E-state index in [9.17, 15) is 24.5 Å². The third-order valence-electron chi connectivity index (χ3n) is 7.17. The number of thiazole rings is 1. The fraction of sp³-hybridized carbons (Fsp3) is 0.207. The molecule has 4 aromatic rings. The van der Waals surface area contributed by atoms with Crippen molar-refractivity contribution in [1.82, 2.24) is 4.98 Å². The van der Waals surface area contributed by atoms with Gasteiger partial charge in [-0.1, -0.05) is 59.0 Å². The van der Waals surface area contributed by atoms with Gasteiger partial charge in [0.1, 0.15) is 11.9 Å². The number of hydrogen-bond donors (Lipinski definition) is 1. The molecule has 3 aromatic carbocycles. The van der Waals surface area contributed by atoms with Crippen LogP contribution in [0.3, 0.4) is 0 Å². The minimum atomic E-state index is -0.801. The van der Waals surface area contributed by atoms with Crippen LogP contribution in [0.4, 0.5) is 11.4 Å². The summed E-state index contributed by atoms with van der Waals surface area (Å²) in [5.41, 5.74) is 2.94. The van der Waals surface area contributed by atoms with Crippen molar-refractivity contribution < 1.29 is 24.0 Å². The topological polar surface area (TPSA) is 132 Å². The standard InChI is InChI=1S/C29H23N3O7S2/c1-15-4-3-5-16(12-15)14-39-20-11-6-17(13-21(20)38-2)22-23-25(40-26-24(22)41-29(35)30-26)28(34)31(27(23)33)18-7-9-19(10-8-18)32(36)37/h3-13,22-23,25H,14H2,1-2H3,(H,30,35)/t22-,23-,25+/m0/s1. The molecule has 1 saturated heterocycles. The van der Waals surface area contributed by atoms with Gasteiger partial charge in [-0.15, -0.1) is 0 Å². The third-order valence-corrected chi connectivity index (χ3v) is 9.57. The number of H-pyrrole nitrogens is 1. The molecule has 1 aromatic heterocycles. The van der Waals surface area contributed by atoms with Crippen LogP contribution in [-0.2, 0) is 16.2 Å². The number of amides is 2. The monoisotopic (exact) mass is 589 g/mol. The Hall–Kier alpha value is -4.42. The first-order valence-corrected chi connectivity index (χ1v) is 14.3. The highest BCUT2D eigenvalue weighted by Crippen LogP contribution is 2.53. The van der Waals surface area contributed by atoms with Crippen LogP contribution >= 0.6 is 23.1 Å². The van der Waals surface area contributed by atoms with E-state index in [0.29, 0.717) is 33.6 Å². The van der Waals surface area contributed by atoms with Crippen molar-refractivity contribution in [3.05, 3.63) is 108 Å². The molecule has 0 bridgehead atoms. The van der Waals surface area contributed by atoms with E-state index >= 15 is 0 Å². The Labute approximate surface area is 242 Å². The number of benzene rings is 3. The number of fused-ring (bicyclic) bond motifs is 2. The second kappa shape index (κ2) is 10.5. The molecule has 0 spiro atoms. The number of ether oxygens (including phenoxy) is 2. The van der Waals surface area contributed by atoms with Crippen molar-refractivity contribution in [1.29, 1.82) is 0 Å². The van der Waals surface area contributed by atoms with Crippen LogP contribution in [0.2, 0.25) is 0 Å². The van der Waals surface area contributed by atoms with Crippen molar-refractivity contribution >= 4 is 46.3 Å². The van der Waals surface area contributed by atoms with E-state index in [1.165, 1.54) is 31.4 Å². The number of rotatable bonds is 7. The zero-order valence-corrected chi connectivity index (χ0v) is 23.5. The number of aromatic amines is 1. The highest BCUT2D eigenvalue weighted by atomic mass is 32.2. The van der Waals surface area contributed by atoms with Gasteiger partial charge in [0.15, 0.2) is 11.5 Å². The first kappa shape index (κ1) is 26.8. The van der Waals surface area contributed by atoms with Gasteiger partial charge in [0, 0.05) is 22.9 Å². The van der Waals surface area contributed by atoms with Gasteiger partial charge < -0.3 is 14.5 Å². The number of aromatic nitrogens is 1. The minimum absolute atomic E-state index is 0.144. The summed E-state index contributed by atoms with van der Waals surface area (Å²) in [6, 6.07) is 18.7. The number of nitro groups is 1. The van der Waals surface area contributed by atoms with Crippen molar-refractivity contribution in [2.45, 2.75) is 29.7 Å². The number of imide groups is 1. The van der Waals surface area contributed by atoms with E-state index in [1.54, 1.807) is 12.1 Å². The molecule has 3 heterocycles. The van der Waals surface area contributed by atoms with E-state index in [1.807, 2.05) is 37.3 Å². The summed E-state index contributed by atoms with van der Waals surface area (Å²) in [6.45, 7) is 2.35. The molecule has 2 aliphatic rings. The molecule has 208 valence electrons. The highest BCUT2D eigenvalue weighted by Gasteiger charge is 2.56. The van der Waals surface area contributed by atoms with Gasteiger partial charge in [-0.25, -0.2) is 4.90 Å². The summed E-state index contributed by atoms with van der Waals surface area (Å²) in [5.74, 6) is -1.30. The summed E-state index contributed by atoms with van der Waals surface area (Å²) < 4.78 is 11.7. The third kappa shape index (κ3) is 4.78. The van der Waals surface area contributed by atoms with Gasteiger partial charge in [-0.3, -0.25) is 24.5 Å². The molecule has 0 aliphatic carbocycles. The number of thioether (sulfide) groups is 1. The van der Waals surface area contributed by atoms with Crippen molar-refractivity contribution in [2.24, 2.45) is 5.92 Å². The molecule has 2 aliphatic heterocycles. The lowest BCUT2D eigenvalue weighted by molar-refractivity contribution is -0.384. The maximum absolute atomic E-state index is 13.9. The smallest absolute Gasteiger partial charge is 0.305 e. The fourth-order valence-corrected chi connectivity index (χ4v) is 7.83. The summed E-state index contributed by atoms with van der Waals surface area (Å²) in [7, 11) is 1.53. The van der Waals surface area contributed by atoms with Crippen LogP contribution in [0.5, 0.6) is 11.5 Å². The Kier molecular flexibility index (Phi) is 6.88. The first-order valence-electron chi connectivity index (χ1n) is 12.6. The molecule has 3 atom stereocenters. The second-order valence-corrected chi connectivity index (χ2v) is 11.9. The Morgan fingerprint density at radius 3 is 2.49 bits per heavy atom. The van der Waals surface area contributed by atoms with Gasteiger partial charge in [-0.05, 0) is 42.3 Å². The molecule has 0 unspecified atom stereocenters. The molecule has 0 saturated carbocycles. The number of non-ortho nitro benzene ring substituents is 1. The lowest BCUT2D eigenvalue weighted by Crippen LogP contribution is -2.32. The fourth-order valence-electron chi connectivity index (χ4n) is 5.31. The minimum Gasteiger partial charge on any atom is -0.493 e. The summed E-state index contributed by atoms with van der Waals surface area (Å²) >= 11 is 2.18. The number of anilines is 1. The molecule has 12 heteroatoms. The number of nitrogens with one attached hydrogen (secondary N) is 1. The number of nitro benzene ring substituents is 1. The van der Waals surface area contributed by atoms with E-state index in [0.717, 1.165) is 39.1 Å². The number of carbonyl (C=O) groups is 2. The average Bonchev–Trinajstić information content (AvgIpc) is 3.46. The lowest BCUT2D eigenvalue weighted by atomic mass is 9.83.